The molecule has 9 nitrogen and oxygen atoms in total. The van der Waals surface area contributed by atoms with E-state index < -0.39 is 11.9 Å². The van der Waals surface area contributed by atoms with Gasteiger partial charge in [-0.05, 0) is 19.8 Å². The molecule has 132 valence electrons. The van der Waals surface area contributed by atoms with Crippen LogP contribution >= 0.6 is 0 Å². The number of amides is 1. The standard InChI is InChI=1S/C12H22N2O3.C2H2O4/c1-10(13-9-11-3-2-6-17-11)12(15)14-4-7-16-8-5-14;3-1(4)2(5)6/h10-11,13H,2-9H2,1H3;(H,3,4)(H,5,6). The van der Waals surface area contributed by atoms with E-state index in [0.29, 0.717) is 26.3 Å². The van der Waals surface area contributed by atoms with Crippen molar-refractivity contribution in [1.82, 2.24) is 10.2 Å². The van der Waals surface area contributed by atoms with Gasteiger partial charge in [0.05, 0.1) is 25.4 Å². The minimum Gasteiger partial charge on any atom is -0.473 e. The van der Waals surface area contributed by atoms with Gasteiger partial charge in [-0.2, -0.15) is 0 Å². The Labute approximate surface area is 134 Å². The summed E-state index contributed by atoms with van der Waals surface area (Å²) < 4.78 is 10.8. The molecule has 2 fully saturated rings. The number of carbonyl (C=O) groups excluding carboxylic acids is 1. The smallest absolute Gasteiger partial charge is 0.414 e. The van der Waals surface area contributed by atoms with Crippen molar-refractivity contribution in [3.8, 4) is 0 Å². The number of aliphatic carboxylic acids is 2. The highest BCUT2D eigenvalue weighted by Crippen LogP contribution is 2.11. The largest absolute Gasteiger partial charge is 0.473 e. The Morgan fingerprint density at radius 3 is 2.26 bits per heavy atom. The summed E-state index contributed by atoms with van der Waals surface area (Å²) in [4.78, 5) is 32.1. The summed E-state index contributed by atoms with van der Waals surface area (Å²) in [5, 5.41) is 18.0. The molecule has 0 radical (unpaired) electrons. The van der Waals surface area contributed by atoms with E-state index in [1.807, 2.05) is 11.8 Å². The first-order valence-electron chi connectivity index (χ1n) is 7.59. The molecule has 0 spiro atoms. The average molecular weight is 332 g/mol. The van der Waals surface area contributed by atoms with Gasteiger partial charge in [0.2, 0.25) is 5.91 Å². The zero-order chi connectivity index (χ0) is 17.2. The molecule has 3 N–H and O–H groups in total. The highest BCUT2D eigenvalue weighted by molar-refractivity contribution is 6.27. The van der Waals surface area contributed by atoms with E-state index in [1.165, 1.54) is 0 Å². The number of ether oxygens (including phenoxy) is 2. The van der Waals surface area contributed by atoms with Crippen molar-refractivity contribution < 1.29 is 34.1 Å². The Morgan fingerprint density at radius 1 is 1.17 bits per heavy atom. The molecule has 0 aromatic rings. The lowest BCUT2D eigenvalue weighted by Gasteiger charge is -2.29. The SMILES string of the molecule is CC(NCC1CCCO1)C(=O)N1CCOCC1.O=C(O)C(=O)O. The van der Waals surface area contributed by atoms with Crippen LogP contribution in [0.2, 0.25) is 0 Å². The summed E-state index contributed by atoms with van der Waals surface area (Å²) in [6.07, 6.45) is 2.53. The third-order valence-corrected chi connectivity index (χ3v) is 3.55. The Balaban J connectivity index is 0.000000379. The molecule has 2 unspecified atom stereocenters. The molecule has 0 bridgehead atoms. The van der Waals surface area contributed by atoms with Crippen LogP contribution < -0.4 is 5.32 Å². The van der Waals surface area contributed by atoms with E-state index in [-0.39, 0.29) is 18.1 Å². The third kappa shape index (κ3) is 7.40. The van der Waals surface area contributed by atoms with Crippen molar-refractivity contribution in [3.05, 3.63) is 0 Å². The van der Waals surface area contributed by atoms with Gasteiger partial charge in [0, 0.05) is 26.2 Å². The number of nitrogens with zero attached hydrogens (tertiary/aromatic N) is 1. The van der Waals surface area contributed by atoms with Crippen LogP contribution in [0.5, 0.6) is 0 Å². The molecule has 0 aromatic carbocycles. The number of nitrogens with one attached hydrogen (secondary N) is 1. The van der Waals surface area contributed by atoms with Gasteiger partial charge >= 0.3 is 11.9 Å². The summed E-state index contributed by atoms with van der Waals surface area (Å²) in [6.45, 7) is 6.30. The predicted molar refractivity (Wildman–Crippen MR) is 79.1 cm³/mol. The van der Waals surface area contributed by atoms with E-state index in [1.54, 1.807) is 0 Å². The fourth-order valence-electron chi connectivity index (χ4n) is 2.26. The minimum absolute atomic E-state index is 0.128. The fraction of sp³-hybridized carbons (Fsp3) is 0.786. The predicted octanol–water partition coefficient (Wildman–Crippen LogP) is -0.842. The zero-order valence-electron chi connectivity index (χ0n) is 13.2. The first-order chi connectivity index (χ1) is 10.9. The van der Waals surface area contributed by atoms with E-state index in [2.05, 4.69) is 5.32 Å². The lowest BCUT2D eigenvalue weighted by Crippen LogP contribution is -2.50. The van der Waals surface area contributed by atoms with E-state index in [9.17, 15) is 4.79 Å². The maximum atomic E-state index is 12.1. The van der Waals surface area contributed by atoms with Crippen LogP contribution in [0.15, 0.2) is 0 Å². The van der Waals surface area contributed by atoms with Crippen LogP contribution in [0.25, 0.3) is 0 Å². The number of hydrogen-bond acceptors (Lipinski definition) is 6. The summed E-state index contributed by atoms with van der Waals surface area (Å²) in [5.74, 6) is -3.48. The van der Waals surface area contributed by atoms with Crippen LogP contribution in [0.1, 0.15) is 19.8 Å². The molecule has 2 saturated heterocycles. The summed E-state index contributed by atoms with van der Waals surface area (Å²) >= 11 is 0. The van der Waals surface area contributed by atoms with Crippen molar-refractivity contribution in [1.29, 1.82) is 0 Å². The molecule has 23 heavy (non-hydrogen) atoms. The Bertz CT molecular complexity index is 392. The number of carbonyl (C=O) groups is 3. The summed E-state index contributed by atoms with van der Waals surface area (Å²) in [6, 6.07) is -0.128. The van der Waals surface area contributed by atoms with Crippen molar-refractivity contribution in [3.63, 3.8) is 0 Å². The molecular weight excluding hydrogens is 308 g/mol. The topological polar surface area (TPSA) is 125 Å². The van der Waals surface area contributed by atoms with Crippen LogP contribution in [0.4, 0.5) is 0 Å². The molecule has 9 heteroatoms. The number of hydrogen-bond donors (Lipinski definition) is 3. The Morgan fingerprint density at radius 2 is 1.78 bits per heavy atom. The van der Waals surface area contributed by atoms with Gasteiger partial charge in [-0.15, -0.1) is 0 Å². The normalized spacial score (nSPS) is 22.0. The third-order valence-electron chi connectivity index (χ3n) is 3.55. The summed E-state index contributed by atoms with van der Waals surface area (Å²) in [5.41, 5.74) is 0. The van der Waals surface area contributed by atoms with E-state index in [4.69, 9.17) is 29.3 Å². The lowest BCUT2D eigenvalue weighted by molar-refractivity contribution is -0.159. The van der Waals surface area contributed by atoms with Gasteiger partial charge in [-0.25, -0.2) is 9.59 Å². The molecule has 2 aliphatic rings. The molecule has 2 atom stereocenters. The van der Waals surface area contributed by atoms with Crippen molar-refractivity contribution in [2.75, 3.05) is 39.5 Å². The van der Waals surface area contributed by atoms with Gasteiger partial charge in [0.15, 0.2) is 0 Å². The molecule has 2 heterocycles. The molecule has 2 aliphatic heterocycles. The minimum atomic E-state index is -1.82. The fourth-order valence-corrected chi connectivity index (χ4v) is 2.26. The number of carboxylic acid groups (broad SMARTS) is 2. The van der Waals surface area contributed by atoms with Gasteiger partial charge in [-0.3, -0.25) is 4.79 Å². The second-order valence-corrected chi connectivity index (χ2v) is 5.31. The second kappa shape index (κ2) is 10.1. The first-order valence-corrected chi connectivity index (χ1v) is 7.59. The zero-order valence-corrected chi connectivity index (χ0v) is 13.2. The maximum absolute atomic E-state index is 12.1. The second-order valence-electron chi connectivity index (χ2n) is 5.31. The van der Waals surface area contributed by atoms with E-state index >= 15 is 0 Å². The van der Waals surface area contributed by atoms with Crippen LogP contribution in [-0.4, -0.2) is 84.6 Å². The van der Waals surface area contributed by atoms with Gasteiger partial charge in [0.1, 0.15) is 0 Å². The van der Waals surface area contributed by atoms with Crippen LogP contribution in [0.3, 0.4) is 0 Å². The quantitative estimate of drug-likeness (QED) is 0.569. The Kier molecular flexibility index (Phi) is 8.52. The highest BCUT2D eigenvalue weighted by Gasteiger charge is 2.23. The number of carboxylic acids is 2. The van der Waals surface area contributed by atoms with Crippen LogP contribution in [-0.2, 0) is 23.9 Å². The van der Waals surface area contributed by atoms with Crippen molar-refractivity contribution in [2.24, 2.45) is 0 Å². The number of rotatable bonds is 4. The molecule has 1 amide bonds. The van der Waals surface area contributed by atoms with Gasteiger partial charge in [0.25, 0.3) is 0 Å². The molecule has 2 rings (SSSR count). The highest BCUT2D eigenvalue weighted by atomic mass is 16.5. The monoisotopic (exact) mass is 332 g/mol. The van der Waals surface area contributed by atoms with Crippen molar-refractivity contribution >= 4 is 17.8 Å². The molecule has 0 aromatic heterocycles. The van der Waals surface area contributed by atoms with Gasteiger partial charge in [-0.1, -0.05) is 0 Å². The summed E-state index contributed by atoms with van der Waals surface area (Å²) in [7, 11) is 0. The molecular formula is C14H24N2O7. The van der Waals surface area contributed by atoms with E-state index in [0.717, 1.165) is 26.0 Å². The van der Waals surface area contributed by atoms with Crippen LogP contribution in [0, 0.1) is 0 Å². The lowest BCUT2D eigenvalue weighted by atomic mass is 10.2. The average Bonchev–Trinajstić information content (AvgIpc) is 3.06. The number of morpholine rings is 1. The van der Waals surface area contributed by atoms with Gasteiger partial charge < -0.3 is 29.9 Å². The molecule has 0 aliphatic carbocycles. The molecule has 0 saturated carbocycles. The Hall–Kier alpha value is -1.71. The van der Waals surface area contributed by atoms with Crippen molar-refractivity contribution in [2.45, 2.75) is 31.9 Å². The first kappa shape index (κ1) is 19.3. The maximum Gasteiger partial charge on any atom is 0.414 e.